The van der Waals surface area contributed by atoms with Crippen molar-refractivity contribution >= 4 is 41.4 Å². The van der Waals surface area contributed by atoms with Gasteiger partial charge in [0.1, 0.15) is 17.4 Å². The molecule has 1 N–H and O–H groups in total. The predicted octanol–water partition coefficient (Wildman–Crippen LogP) is 4.30. The lowest BCUT2D eigenvalue weighted by molar-refractivity contribution is 0.0524. The van der Waals surface area contributed by atoms with Crippen LogP contribution >= 0.6 is 24.2 Å². The van der Waals surface area contributed by atoms with Gasteiger partial charge in [-0.2, -0.15) is 12.6 Å². The summed E-state index contributed by atoms with van der Waals surface area (Å²) in [7, 11) is 0. The fourth-order valence-corrected chi connectivity index (χ4v) is 3.10. The molecule has 0 aliphatic carbocycles. The molecule has 154 valence electrons. The number of amides is 1. The van der Waals surface area contributed by atoms with Crippen LogP contribution in [-0.4, -0.2) is 45.0 Å². The summed E-state index contributed by atoms with van der Waals surface area (Å²) in [6, 6.07) is 3.55. The molecule has 9 heteroatoms. The third-order valence-corrected chi connectivity index (χ3v) is 4.80. The second-order valence-electron chi connectivity index (χ2n) is 7.49. The first-order valence-electron chi connectivity index (χ1n) is 9.24. The number of aromatic nitrogens is 3. The molecule has 0 saturated carbocycles. The summed E-state index contributed by atoms with van der Waals surface area (Å²) < 4.78 is 11.1. The minimum Gasteiger partial charge on any atom is -0.477 e. The molecule has 0 aliphatic rings. The van der Waals surface area contributed by atoms with Crippen LogP contribution in [0, 0.1) is 5.92 Å². The number of nitrogens with zero attached hydrogens (tertiary/aromatic N) is 3. The van der Waals surface area contributed by atoms with Crippen LogP contribution in [0.4, 0.5) is 4.79 Å². The number of nitrogens with one attached hydrogen (secondary N) is 1. The van der Waals surface area contributed by atoms with Gasteiger partial charge in [-0.3, -0.25) is 0 Å². The maximum Gasteiger partial charge on any atom is 0.407 e. The lowest BCUT2D eigenvalue weighted by Gasteiger charge is -2.24. The Kier molecular flexibility index (Phi) is 8.12. The first-order chi connectivity index (χ1) is 13.2. The highest BCUT2D eigenvalue weighted by Crippen LogP contribution is 2.22. The van der Waals surface area contributed by atoms with Crippen LogP contribution in [0.15, 0.2) is 18.5 Å². The number of halogens is 1. The van der Waals surface area contributed by atoms with E-state index in [0.29, 0.717) is 30.1 Å². The third-order valence-electron chi connectivity index (χ3n) is 3.92. The monoisotopic (exact) mass is 426 g/mol. The number of hydrogen-bond donors (Lipinski definition) is 2. The lowest BCUT2D eigenvalue weighted by atomic mass is 10.0. The number of alkyl carbamates (subject to hydrolysis) is 1. The highest BCUT2D eigenvalue weighted by molar-refractivity contribution is 7.81. The van der Waals surface area contributed by atoms with Crippen molar-refractivity contribution in [2.45, 2.75) is 51.4 Å². The summed E-state index contributed by atoms with van der Waals surface area (Å²) in [5.74, 6) is 0.578. The Morgan fingerprint density at radius 2 is 2.07 bits per heavy atom. The number of ether oxygens (including phenoxy) is 2. The minimum atomic E-state index is -0.533. The molecule has 2 aromatic rings. The molecule has 0 bridgehead atoms. The smallest absolute Gasteiger partial charge is 0.407 e. The van der Waals surface area contributed by atoms with E-state index in [-0.39, 0.29) is 16.3 Å². The Morgan fingerprint density at radius 1 is 1.32 bits per heavy atom. The van der Waals surface area contributed by atoms with E-state index in [9.17, 15) is 4.79 Å². The summed E-state index contributed by atoms with van der Waals surface area (Å²) >= 11 is 10.7. The fraction of sp³-hybridized carbons (Fsp3) is 0.579. The molecule has 1 amide bonds. The zero-order valence-corrected chi connectivity index (χ0v) is 18.3. The highest BCUT2D eigenvalue weighted by Gasteiger charge is 2.21. The molecular formula is C19H27ClN4O3S. The van der Waals surface area contributed by atoms with Gasteiger partial charge in [-0.05, 0) is 33.3 Å². The zero-order chi connectivity index (χ0) is 20.7. The van der Waals surface area contributed by atoms with Crippen molar-refractivity contribution in [3.8, 4) is 5.88 Å². The molecule has 0 aromatic carbocycles. The van der Waals surface area contributed by atoms with Gasteiger partial charge in [0.05, 0.1) is 12.1 Å². The lowest BCUT2D eigenvalue weighted by Crippen LogP contribution is -2.38. The van der Waals surface area contributed by atoms with Crippen LogP contribution < -0.4 is 10.1 Å². The van der Waals surface area contributed by atoms with Gasteiger partial charge in [-0.1, -0.05) is 24.9 Å². The van der Waals surface area contributed by atoms with Crippen molar-refractivity contribution in [1.82, 2.24) is 20.3 Å². The number of fused-ring (bicyclic) bond motifs is 1. The van der Waals surface area contributed by atoms with Crippen LogP contribution in [0.5, 0.6) is 5.88 Å². The van der Waals surface area contributed by atoms with E-state index in [1.165, 1.54) is 6.33 Å². The van der Waals surface area contributed by atoms with E-state index in [1.807, 2.05) is 20.8 Å². The molecule has 0 radical (unpaired) electrons. The average molecular weight is 427 g/mol. The average Bonchev–Trinajstić information content (AvgIpc) is 2.62. The van der Waals surface area contributed by atoms with Gasteiger partial charge in [0, 0.05) is 23.8 Å². The van der Waals surface area contributed by atoms with Crippen molar-refractivity contribution in [2.75, 3.05) is 13.2 Å². The van der Waals surface area contributed by atoms with Gasteiger partial charge in [0.25, 0.3) is 0 Å². The summed E-state index contributed by atoms with van der Waals surface area (Å²) in [5, 5.41) is 2.97. The van der Waals surface area contributed by atoms with Crippen LogP contribution in [-0.2, 0) is 4.74 Å². The number of rotatable bonds is 8. The molecule has 0 aliphatic heterocycles. The summed E-state index contributed by atoms with van der Waals surface area (Å²) in [5.41, 5.74) is 0.628. The van der Waals surface area contributed by atoms with Gasteiger partial charge in [0.2, 0.25) is 5.88 Å². The van der Waals surface area contributed by atoms with E-state index in [0.717, 1.165) is 12.8 Å². The standard InChI is InChI=1S/C19H27ClN4O3S/c1-5-6-12(14(28)9-21-18(25)27-19(2,3)4)10-26-15-8-7-13-16(24-15)17(20)23-11-22-13/h7-8,11-12,14,28H,5-6,9-10H2,1-4H3,(H,21,25). The largest absolute Gasteiger partial charge is 0.477 e. The van der Waals surface area contributed by atoms with E-state index in [4.69, 9.17) is 21.1 Å². The van der Waals surface area contributed by atoms with Gasteiger partial charge >= 0.3 is 6.09 Å². The number of hydrogen-bond acceptors (Lipinski definition) is 7. The Labute approximate surface area is 176 Å². The SMILES string of the molecule is CCCC(COc1ccc2ncnc(Cl)c2n1)C(S)CNC(=O)OC(C)(C)C. The molecule has 2 rings (SSSR count). The van der Waals surface area contributed by atoms with E-state index in [1.54, 1.807) is 12.1 Å². The molecular weight excluding hydrogens is 400 g/mol. The van der Waals surface area contributed by atoms with Crippen molar-refractivity contribution in [3.63, 3.8) is 0 Å². The van der Waals surface area contributed by atoms with Gasteiger partial charge in [-0.15, -0.1) is 0 Å². The molecule has 2 unspecified atom stereocenters. The molecule has 2 heterocycles. The zero-order valence-electron chi connectivity index (χ0n) is 16.6. The topological polar surface area (TPSA) is 86.2 Å². The Bertz CT molecular complexity index is 800. The van der Waals surface area contributed by atoms with Crippen molar-refractivity contribution in [2.24, 2.45) is 5.92 Å². The Morgan fingerprint density at radius 3 is 2.75 bits per heavy atom. The van der Waals surface area contributed by atoms with Crippen LogP contribution in [0.1, 0.15) is 40.5 Å². The fourth-order valence-electron chi connectivity index (χ4n) is 2.59. The third kappa shape index (κ3) is 6.98. The number of thiol groups is 1. The van der Waals surface area contributed by atoms with Crippen LogP contribution in [0.3, 0.4) is 0 Å². The Balaban J connectivity index is 1.94. The van der Waals surface area contributed by atoms with Gasteiger partial charge in [-0.25, -0.2) is 19.7 Å². The van der Waals surface area contributed by atoms with E-state index in [2.05, 4.69) is 39.8 Å². The van der Waals surface area contributed by atoms with Crippen LogP contribution in [0.2, 0.25) is 5.15 Å². The van der Waals surface area contributed by atoms with Crippen molar-refractivity contribution < 1.29 is 14.3 Å². The molecule has 2 atom stereocenters. The molecule has 0 fully saturated rings. The molecule has 28 heavy (non-hydrogen) atoms. The van der Waals surface area contributed by atoms with Gasteiger partial charge in [0.15, 0.2) is 5.15 Å². The molecule has 2 aromatic heterocycles. The Hall–Kier alpha value is -1.80. The predicted molar refractivity (Wildman–Crippen MR) is 113 cm³/mol. The second kappa shape index (κ2) is 10.1. The summed E-state index contributed by atoms with van der Waals surface area (Å²) in [4.78, 5) is 24.3. The quantitative estimate of drug-likeness (QED) is 0.483. The molecule has 0 saturated heterocycles. The van der Waals surface area contributed by atoms with Crippen molar-refractivity contribution in [3.05, 3.63) is 23.6 Å². The summed E-state index contributed by atoms with van der Waals surface area (Å²) in [6.07, 6.45) is 2.82. The van der Waals surface area contributed by atoms with E-state index >= 15 is 0 Å². The number of carbonyl (C=O) groups is 1. The minimum absolute atomic E-state index is 0.0835. The maximum atomic E-state index is 11.8. The number of carbonyl (C=O) groups excluding carboxylic acids is 1. The molecule has 7 nitrogen and oxygen atoms in total. The summed E-state index contributed by atoms with van der Waals surface area (Å²) in [6.45, 7) is 8.38. The maximum absolute atomic E-state index is 11.8. The first-order valence-corrected chi connectivity index (χ1v) is 10.1. The highest BCUT2D eigenvalue weighted by atomic mass is 35.5. The number of pyridine rings is 1. The molecule has 0 spiro atoms. The first kappa shape index (κ1) is 22.5. The van der Waals surface area contributed by atoms with Gasteiger partial charge < -0.3 is 14.8 Å². The van der Waals surface area contributed by atoms with E-state index < -0.39 is 11.7 Å². The van der Waals surface area contributed by atoms with Crippen molar-refractivity contribution in [1.29, 1.82) is 0 Å². The normalized spacial score (nSPS) is 13.8. The van der Waals surface area contributed by atoms with Crippen LogP contribution in [0.25, 0.3) is 11.0 Å². The second-order valence-corrected chi connectivity index (χ2v) is 8.51.